The molecule has 2 aliphatic rings. The molecule has 2 fully saturated rings. The Labute approximate surface area is 162 Å². The number of imide groups is 1. The van der Waals surface area contributed by atoms with Crippen molar-refractivity contribution in [3.05, 3.63) is 53.6 Å². The van der Waals surface area contributed by atoms with Gasteiger partial charge in [-0.1, -0.05) is 30.3 Å². The number of carbonyl (C=O) groups excluding carboxylic acids is 3. The Balaban J connectivity index is 1.51. The first kappa shape index (κ1) is 18.0. The number of urea groups is 1. The van der Waals surface area contributed by atoms with Crippen LogP contribution >= 0.6 is 0 Å². The Morgan fingerprint density at radius 1 is 1.00 bits per heavy atom. The van der Waals surface area contributed by atoms with Crippen molar-refractivity contribution in [1.29, 1.82) is 0 Å². The monoisotopic (exact) mass is 379 g/mol. The van der Waals surface area contributed by atoms with Crippen molar-refractivity contribution in [2.45, 2.75) is 13.8 Å². The highest BCUT2D eigenvalue weighted by Gasteiger charge is 2.49. The number of benzene rings is 2. The lowest BCUT2D eigenvalue weighted by Crippen LogP contribution is -2.37. The minimum atomic E-state index is -0.459. The fourth-order valence-corrected chi connectivity index (χ4v) is 3.73. The Kier molecular flexibility index (Phi) is 4.50. The molecular formula is C21H21N3O4. The maximum absolute atomic E-state index is 12.7. The van der Waals surface area contributed by atoms with Crippen LogP contribution in [0.4, 0.5) is 10.5 Å². The molecule has 28 heavy (non-hydrogen) atoms. The van der Waals surface area contributed by atoms with Crippen LogP contribution in [0, 0.1) is 25.7 Å². The molecule has 2 aromatic rings. The number of amides is 4. The van der Waals surface area contributed by atoms with Crippen LogP contribution in [0.2, 0.25) is 0 Å². The highest BCUT2D eigenvalue weighted by atomic mass is 16.5. The third-order valence-electron chi connectivity index (χ3n) is 5.28. The zero-order valence-electron chi connectivity index (χ0n) is 15.7. The average molecular weight is 379 g/mol. The maximum Gasteiger partial charge on any atom is 0.321 e. The standard InChI is InChI=1S/C21H21N3O4/c1-12-6-5-7-13(2)18(12)28-17-9-4-3-8-16(17)22-21(27)24-10-14-15(11-24)20(26)23-19(14)25/h3-9,14-15H,10-11H2,1-2H3,(H,22,27)(H,23,25,26)/t14-,15+. The maximum atomic E-state index is 12.7. The third kappa shape index (κ3) is 3.19. The fourth-order valence-electron chi connectivity index (χ4n) is 3.73. The van der Waals surface area contributed by atoms with Gasteiger partial charge in [-0.05, 0) is 37.1 Å². The van der Waals surface area contributed by atoms with Crippen molar-refractivity contribution >= 4 is 23.5 Å². The summed E-state index contributed by atoms with van der Waals surface area (Å²) >= 11 is 0. The van der Waals surface area contributed by atoms with Crippen LogP contribution in [0.25, 0.3) is 0 Å². The number of para-hydroxylation sites is 3. The summed E-state index contributed by atoms with van der Waals surface area (Å²) in [5, 5.41) is 5.17. The van der Waals surface area contributed by atoms with Crippen molar-refractivity contribution in [2.24, 2.45) is 11.8 Å². The fraction of sp³-hybridized carbons (Fsp3) is 0.286. The van der Waals surface area contributed by atoms with Gasteiger partial charge in [0.1, 0.15) is 5.75 Å². The Bertz CT molecular complexity index is 930. The topological polar surface area (TPSA) is 87.7 Å². The molecule has 0 bridgehead atoms. The van der Waals surface area contributed by atoms with Crippen molar-refractivity contribution in [2.75, 3.05) is 18.4 Å². The third-order valence-corrected chi connectivity index (χ3v) is 5.28. The second-order valence-corrected chi connectivity index (χ2v) is 7.22. The van der Waals surface area contributed by atoms with Crippen molar-refractivity contribution < 1.29 is 19.1 Å². The summed E-state index contributed by atoms with van der Waals surface area (Å²) in [7, 11) is 0. The lowest BCUT2D eigenvalue weighted by atomic mass is 10.00. The van der Waals surface area contributed by atoms with E-state index in [4.69, 9.17) is 4.74 Å². The van der Waals surface area contributed by atoms with E-state index in [0.29, 0.717) is 11.4 Å². The van der Waals surface area contributed by atoms with Gasteiger partial charge in [0.15, 0.2) is 5.75 Å². The van der Waals surface area contributed by atoms with Gasteiger partial charge in [-0.2, -0.15) is 0 Å². The molecule has 0 aromatic heterocycles. The van der Waals surface area contributed by atoms with Crippen molar-refractivity contribution in [3.63, 3.8) is 0 Å². The average Bonchev–Trinajstić information content (AvgIpc) is 3.21. The smallest absolute Gasteiger partial charge is 0.321 e. The first-order valence-electron chi connectivity index (χ1n) is 9.18. The number of ether oxygens (including phenoxy) is 1. The number of rotatable bonds is 3. The number of aryl methyl sites for hydroxylation is 2. The van der Waals surface area contributed by atoms with E-state index in [2.05, 4.69) is 10.6 Å². The summed E-state index contributed by atoms with van der Waals surface area (Å²) in [6, 6.07) is 12.7. The Morgan fingerprint density at radius 3 is 2.25 bits per heavy atom. The summed E-state index contributed by atoms with van der Waals surface area (Å²) in [6.07, 6.45) is 0. The van der Waals surface area contributed by atoms with Gasteiger partial charge >= 0.3 is 6.03 Å². The molecule has 4 amide bonds. The van der Waals surface area contributed by atoms with Crippen molar-refractivity contribution in [1.82, 2.24) is 10.2 Å². The molecule has 0 saturated carbocycles. The van der Waals surface area contributed by atoms with Gasteiger partial charge < -0.3 is 15.0 Å². The predicted octanol–water partition coefficient (Wildman–Crippen LogP) is 2.83. The zero-order chi connectivity index (χ0) is 19.8. The van der Waals surface area contributed by atoms with E-state index in [-0.39, 0.29) is 30.9 Å². The highest BCUT2D eigenvalue weighted by molar-refractivity contribution is 6.06. The molecule has 2 atom stereocenters. The number of likely N-dealkylation sites (tertiary alicyclic amines) is 1. The number of fused-ring (bicyclic) bond motifs is 1. The van der Waals surface area contributed by atoms with E-state index in [1.807, 2.05) is 44.2 Å². The van der Waals surface area contributed by atoms with Crippen LogP contribution in [-0.4, -0.2) is 35.8 Å². The molecular weight excluding hydrogens is 358 g/mol. The summed E-state index contributed by atoms with van der Waals surface area (Å²) < 4.78 is 6.09. The molecule has 2 saturated heterocycles. The highest BCUT2D eigenvalue weighted by Crippen LogP contribution is 2.34. The predicted molar refractivity (Wildman–Crippen MR) is 103 cm³/mol. The molecule has 4 rings (SSSR count). The minimum Gasteiger partial charge on any atom is -0.455 e. The van der Waals surface area contributed by atoms with E-state index >= 15 is 0 Å². The van der Waals surface area contributed by atoms with Crippen LogP contribution in [0.15, 0.2) is 42.5 Å². The van der Waals surface area contributed by atoms with Crippen LogP contribution < -0.4 is 15.4 Å². The van der Waals surface area contributed by atoms with E-state index in [1.54, 1.807) is 12.1 Å². The molecule has 0 aliphatic carbocycles. The number of nitrogens with zero attached hydrogens (tertiary/aromatic N) is 1. The number of anilines is 1. The van der Waals surface area contributed by atoms with Gasteiger partial charge in [-0.25, -0.2) is 4.79 Å². The van der Waals surface area contributed by atoms with Crippen molar-refractivity contribution in [3.8, 4) is 11.5 Å². The lowest BCUT2D eigenvalue weighted by Gasteiger charge is -2.20. The first-order valence-corrected chi connectivity index (χ1v) is 9.18. The Morgan fingerprint density at radius 2 is 1.61 bits per heavy atom. The van der Waals surface area contributed by atoms with E-state index in [1.165, 1.54) is 4.90 Å². The quantitative estimate of drug-likeness (QED) is 0.803. The molecule has 7 nitrogen and oxygen atoms in total. The number of carbonyl (C=O) groups is 3. The summed E-state index contributed by atoms with van der Waals surface area (Å²) in [6.45, 7) is 4.39. The SMILES string of the molecule is Cc1cccc(C)c1Oc1ccccc1NC(=O)N1C[C@@H]2C(=O)NC(=O)[C@@H]2C1. The van der Waals surface area contributed by atoms with Crippen LogP contribution in [0.1, 0.15) is 11.1 Å². The summed E-state index contributed by atoms with van der Waals surface area (Å²) in [5.41, 5.74) is 2.53. The molecule has 0 radical (unpaired) electrons. The lowest BCUT2D eigenvalue weighted by molar-refractivity contribution is -0.126. The van der Waals surface area contributed by atoms with Crippen LogP contribution in [0.3, 0.4) is 0 Å². The Hall–Kier alpha value is -3.35. The molecule has 144 valence electrons. The molecule has 0 unspecified atom stereocenters. The summed E-state index contributed by atoms with van der Waals surface area (Å²) in [4.78, 5) is 37.8. The van der Waals surface area contributed by atoms with Gasteiger partial charge in [0, 0.05) is 13.1 Å². The number of hydrogen-bond donors (Lipinski definition) is 2. The van der Waals surface area contributed by atoms with Gasteiger partial charge in [-0.15, -0.1) is 0 Å². The first-order chi connectivity index (χ1) is 13.4. The second-order valence-electron chi connectivity index (χ2n) is 7.22. The molecule has 2 heterocycles. The summed E-state index contributed by atoms with van der Waals surface area (Å²) in [5.74, 6) is -0.240. The molecule has 2 N–H and O–H groups in total. The number of nitrogens with one attached hydrogen (secondary N) is 2. The van der Waals surface area contributed by atoms with Crippen LogP contribution in [0.5, 0.6) is 11.5 Å². The van der Waals surface area contributed by atoms with Gasteiger partial charge in [-0.3, -0.25) is 14.9 Å². The second kappa shape index (κ2) is 6.99. The number of hydrogen-bond acceptors (Lipinski definition) is 4. The van der Waals surface area contributed by atoms with Gasteiger partial charge in [0.25, 0.3) is 0 Å². The van der Waals surface area contributed by atoms with Gasteiger partial charge in [0.2, 0.25) is 11.8 Å². The van der Waals surface area contributed by atoms with E-state index < -0.39 is 11.8 Å². The van der Waals surface area contributed by atoms with E-state index in [0.717, 1.165) is 16.9 Å². The van der Waals surface area contributed by atoms with Crippen LogP contribution in [-0.2, 0) is 9.59 Å². The normalized spacial score (nSPS) is 20.7. The minimum absolute atomic E-state index is 0.230. The molecule has 0 spiro atoms. The van der Waals surface area contributed by atoms with Gasteiger partial charge in [0.05, 0.1) is 17.5 Å². The van der Waals surface area contributed by atoms with E-state index in [9.17, 15) is 14.4 Å². The molecule has 2 aliphatic heterocycles. The molecule has 7 heteroatoms. The largest absolute Gasteiger partial charge is 0.455 e. The zero-order valence-corrected chi connectivity index (χ0v) is 15.7. The molecule has 2 aromatic carbocycles.